The van der Waals surface area contributed by atoms with Crippen molar-refractivity contribution >= 4 is 32.9 Å². The number of carbonyl (C=O) groups is 1. The van der Waals surface area contributed by atoms with Gasteiger partial charge in [-0.25, -0.2) is 4.98 Å². The quantitative estimate of drug-likeness (QED) is 0.350. The lowest BCUT2D eigenvalue weighted by Crippen LogP contribution is -2.42. The Balaban J connectivity index is 1.31. The molecule has 0 aliphatic heterocycles. The van der Waals surface area contributed by atoms with E-state index in [0.717, 1.165) is 5.56 Å². The zero-order valence-corrected chi connectivity index (χ0v) is 17.8. The monoisotopic (exact) mass is 439 g/mol. The summed E-state index contributed by atoms with van der Waals surface area (Å²) in [7, 11) is 10.5. The number of rotatable bonds is 6. The van der Waals surface area contributed by atoms with Gasteiger partial charge in [0.2, 0.25) is 11.7 Å². The molecule has 4 radical (unpaired) electrons. The fourth-order valence-corrected chi connectivity index (χ4v) is 3.83. The Kier molecular flexibility index (Phi) is 5.30. The number of imidazole rings is 1. The number of aliphatic hydroxyl groups is 1. The maximum Gasteiger partial charge on any atom is 0.274 e. The molecule has 1 aliphatic carbocycles. The molecular formula is C22H19B2N5O4. The minimum atomic E-state index is -2.15. The predicted octanol–water partition coefficient (Wildman–Crippen LogP) is 2.15. The van der Waals surface area contributed by atoms with Gasteiger partial charge in [-0.2, -0.15) is 4.98 Å². The van der Waals surface area contributed by atoms with Crippen LogP contribution in [0.3, 0.4) is 0 Å². The first-order valence-electron chi connectivity index (χ1n) is 10.4. The van der Waals surface area contributed by atoms with Crippen LogP contribution in [0, 0.1) is 6.92 Å². The highest BCUT2D eigenvalue weighted by molar-refractivity contribution is 6.37. The molecule has 11 heteroatoms. The van der Waals surface area contributed by atoms with Gasteiger partial charge in [-0.15, -0.1) is 0 Å². The average molecular weight is 439 g/mol. The Hall–Kier alpha value is -3.43. The van der Waals surface area contributed by atoms with Crippen molar-refractivity contribution in [2.24, 2.45) is 0 Å². The van der Waals surface area contributed by atoms with Crippen molar-refractivity contribution in [3.8, 4) is 11.4 Å². The molecule has 1 aromatic carbocycles. The molecule has 1 amide bonds. The maximum absolute atomic E-state index is 12.9. The third-order valence-corrected chi connectivity index (χ3v) is 5.63. The number of benzene rings is 1. The number of nitrogens with one attached hydrogen (secondary N) is 1. The van der Waals surface area contributed by atoms with Crippen molar-refractivity contribution in [2.75, 3.05) is 5.32 Å². The number of nitrogens with zero attached hydrogens (tertiary/aromatic N) is 4. The molecule has 3 heterocycles. The lowest BCUT2D eigenvalue weighted by Gasteiger charge is -2.37. The van der Waals surface area contributed by atoms with Crippen LogP contribution in [0.2, 0.25) is 0 Å². The van der Waals surface area contributed by atoms with Crippen LogP contribution >= 0.6 is 0 Å². The number of aromatic nitrogens is 4. The first kappa shape index (κ1) is 21.4. The lowest BCUT2D eigenvalue weighted by molar-refractivity contribution is -0.144. The van der Waals surface area contributed by atoms with Crippen LogP contribution in [0.1, 0.15) is 40.7 Å². The SMILES string of the molecule is [B]C([B])(O)OC1CC(c2nc(-c3ccc(C)c(NC(=O)c4cnc5ccccn45)c3)no2)C1. The first-order valence-corrected chi connectivity index (χ1v) is 10.4. The number of hydrogen-bond donors (Lipinski definition) is 2. The van der Waals surface area contributed by atoms with Gasteiger partial charge in [0.15, 0.2) is 0 Å². The van der Waals surface area contributed by atoms with E-state index in [0.29, 0.717) is 47.1 Å². The molecule has 0 spiro atoms. The van der Waals surface area contributed by atoms with Crippen molar-refractivity contribution in [3.05, 3.63) is 65.9 Å². The van der Waals surface area contributed by atoms with Crippen LogP contribution in [0.25, 0.3) is 17.0 Å². The minimum absolute atomic E-state index is 0.00151. The molecule has 0 unspecified atom stereocenters. The van der Waals surface area contributed by atoms with Gasteiger partial charge in [0.25, 0.3) is 5.91 Å². The number of anilines is 1. The van der Waals surface area contributed by atoms with Crippen LogP contribution in [-0.4, -0.2) is 57.9 Å². The van der Waals surface area contributed by atoms with Gasteiger partial charge in [0.1, 0.15) is 27.0 Å². The van der Waals surface area contributed by atoms with E-state index < -0.39 is 5.59 Å². The third-order valence-electron chi connectivity index (χ3n) is 5.63. The van der Waals surface area contributed by atoms with Crippen LogP contribution < -0.4 is 5.32 Å². The zero-order chi connectivity index (χ0) is 23.2. The summed E-state index contributed by atoms with van der Waals surface area (Å²) < 4.78 is 12.3. The standard InChI is InChI=1S/C22H19B2N5O4/c1-12-5-6-13(19-27-21(33-28-19)14-8-15(9-14)32-22(23,24)31)10-16(12)26-20(30)17-11-25-18-4-2-3-7-29(17)18/h2-7,10-11,14-15,31H,8-9H2,1H3,(H,26,30). The molecule has 33 heavy (non-hydrogen) atoms. The van der Waals surface area contributed by atoms with Gasteiger partial charge >= 0.3 is 0 Å². The van der Waals surface area contributed by atoms with E-state index in [4.69, 9.17) is 25.0 Å². The Morgan fingerprint density at radius 1 is 1.30 bits per heavy atom. The molecule has 0 saturated heterocycles. The van der Waals surface area contributed by atoms with E-state index in [1.54, 1.807) is 22.9 Å². The van der Waals surface area contributed by atoms with Gasteiger partial charge in [-0.05, 0) is 43.5 Å². The molecule has 162 valence electrons. The van der Waals surface area contributed by atoms with E-state index in [9.17, 15) is 9.90 Å². The summed E-state index contributed by atoms with van der Waals surface area (Å²) >= 11 is 0. The number of fused-ring (bicyclic) bond motifs is 1. The molecular weight excluding hydrogens is 420 g/mol. The summed E-state index contributed by atoms with van der Waals surface area (Å²) in [5.74, 6) is 0.606. The summed E-state index contributed by atoms with van der Waals surface area (Å²) in [5, 5.41) is 16.4. The number of pyridine rings is 1. The highest BCUT2D eigenvalue weighted by Crippen LogP contribution is 2.39. The molecule has 5 rings (SSSR count). The normalized spacial score (nSPS) is 18.2. The summed E-state index contributed by atoms with van der Waals surface area (Å²) in [6.45, 7) is 1.90. The fraction of sp³-hybridized carbons (Fsp3) is 0.273. The summed E-state index contributed by atoms with van der Waals surface area (Å²) in [6, 6.07) is 11.1. The number of carbonyl (C=O) groups excluding carboxylic acids is 1. The van der Waals surface area contributed by atoms with E-state index in [1.807, 2.05) is 37.3 Å². The Labute approximate surface area is 192 Å². The third kappa shape index (κ3) is 4.42. The van der Waals surface area contributed by atoms with Crippen molar-refractivity contribution < 1.29 is 19.2 Å². The largest absolute Gasteiger partial charge is 0.384 e. The molecule has 4 aromatic rings. The van der Waals surface area contributed by atoms with Gasteiger partial charge in [-0.3, -0.25) is 9.20 Å². The van der Waals surface area contributed by atoms with Gasteiger partial charge < -0.3 is 19.7 Å². The second-order valence-corrected chi connectivity index (χ2v) is 8.17. The highest BCUT2D eigenvalue weighted by atomic mass is 16.6. The maximum atomic E-state index is 12.9. The minimum Gasteiger partial charge on any atom is -0.384 e. The average Bonchev–Trinajstić information content (AvgIpc) is 3.38. The van der Waals surface area contributed by atoms with Gasteiger partial charge in [0.05, 0.1) is 17.9 Å². The number of hydrogen-bond acceptors (Lipinski definition) is 7. The lowest BCUT2D eigenvalue weighted by atomic mass is 9.75. The van der Waals surface area contributed by atoms with Crippen molar-refractivity contribution in [1.29, 1.82) is 0 Å². The number of aryl methyl sites for hydroxylation is 1. The summed E-state index contributed by atoms with van der Waals surface area (Å²) in [5.41, 5.74) is 1.20. The van der Waals surface area contributed by atoms with E-state index >= 15 is 0 Å². The van der Waals surface area contributed by atoms with Crippen LogP contribution in [0.4, 0.5) is 5.69 Å². The van der Waals surface area contributed by atoms with Gasteiger partial charge in [0, 0.05) is 23.4 Å². The molecule has 2 N–H and O–H groups in total. The van der Waals surface area contributed by atoms with Gasteiger partial charge in [-0.1, -0.05) is 23.4 Å². The highest BCUT2D eigenvalue weighted by Gasteiger charge is 2.37. The smallest absolute Gasteiger partial charge is 0.274 e. The second kappa shape index (κ2) is 8.17. The first-order chi connectivity index (χ1) is 15.8. The van der Waals surface area contributed by atoms with E-state index in [1.165, 1.54) is 0 Å². The van der Waals surface area contributed by atoms with Crippen molar-refractivity contribution in [1.82, 2.24) is 19.5 Å². The Bertz CT molecular complexity index is 1320. The summed E-state index contributed by atoms with van der Waals surface area (Å²) in [4.78, 5) is 21.6. The molecule has 1 aliphatic rings. The molecule has 9 nitrogen and oxygen atoms in total. The summed E-state index contributed by atoms with van der Waals surface area (Å²) in [6.07, 6.45) is 4.19. The van der Waals surface area contributed by atoms with Crippen LogP contribution in [0.5, 0.6) is 0 Å². The molecule has 3 aromatic heterocycles. The molecule has 0 bridgehead atoms. The van der Waals surface area contributed by atoms with E-state index in [2.05, 4.69) is 20.4 Å². The zero-order valence-electron chi connectivity index (χ0n) is 17.8. The van der Waals surface area contributed by atoms with Crippen LogP contribution in [0.15, 0.2) is 53.3 Å². The van der Waals surface area contributed by atoms with E-state index in [-0.39, 0.29) is 17.9 Å². The topological polar surface area (TPSA) is 115 Å². The molecule has 0 atom stereocenters. The van der Waals surface area contributed by atoms with Crippen LogP contribution in [-0.2, 0) is 4.74 Å². The second-order valence-electron chi connectivity index (χ2n) is 8.17. The number of ether oxygens (including phenoxy) is 1. The Morgan fingerprint density at radius 3 is 2.91 bits per heavy atom. The van der Waals surface area contributed by atoms with Crippen molar-refractivity contribution in [2.45, 2.75) is 37.4 Å². The predicted molar refractivity (Wildman–Crippen MR) is 121 cm³/mol. The molecule has 1 saturated carbocycles. The molecule has 1 fully saturated rings. The fourth-order valence-electron chi connectivity index (χ4n) is 3.83. The number of amides is 1. The van der Waals surface area contributed by atoms with Crippen molar-refractivity contribution in [3.63, 3.8) is 0 Å². The Morgan fingerprint density at radius 2 is 2.12 bits per heavy atom.